The van der Waals surface area contributed by atoms with E-state index >= 15 is 0 Å². The van der Waals surface area contributed by atoms with Gasteiger partial charge in [0.05, 0.1) is 5.69 Å². The van der Waals surface area contributed by atoms with Crippen molar-refractivity contribution in [1.29, 1.82) is 0 Å². The minimum Gasteiger partial charge on any atom is -0.387 e. The Bertz CT molecular complexity index is 566. The second kappa shape index (κ2) is 5.77. The second-order valence-corrected chi connectivity index (χ2v) is 5.50. The number of nitrogens with one attached hydrogen (secondary N) is 1. The largest absolute Gasteiger partial charge is 0.387 e. The van der Waals surface area contributed by atoms with E-state index in [1.807, 2.05) is 25.2 Å². The zero-order valence-electron chi connectivity index (χ0n) is 10.4. The van der Waals surface area contributed by atoms with Gasteiger partial charge in [0.15, 0.2) is 0 Å². The molecule has 2 aromatic carbocycles. The summed E-state index contributed by atoms with van der Waals surface area (Å²) in [5.41, 5.74) is 4.83. The van der Waals surface area contributed by atoms with Crippen LogP contribution in [0.5, 0.6) is 0 Å². The summed E-state index contributed by atoms with van der Waals surface area (Å²) in [6, 6.07) is 12.2. The Morgan fingerprint density at radius 1 is 1.17 bits per heavy atom. The van der Waals surface area contributed by atoms with Gasteiger partial charge in [-0.3, -0.25) is 0 Å². The molecule has 2 rings (SSSR count). The van der Waals surface area contributed by atoms with Crippen LogP contribution >= 0.6 is 27.5 Å². The number of halogens is 2. The molecule has 0 fully saturated rings. The highest BCUT2D eigenvalue weighted by Gasteiger charge is 2.10. The Balaban J connectivity index is 2.46. The summed E-state index contributed by atoms with van der Waals surface area (Å²) in [5.74, 6) is 0. The molecule has 0 atom stereocenters. The summed E-state index contributed by atoms with van der Waals surface area (Å²) >= 11 is 9.81. The first-order valence-corrected chi connectivity index (χ1v) is 6.99. The third-order valence-electron chi connectivity index (χ3n) is 3.07. The molecular weight excluding hydrogens is 310 g/mol. The number of anilines is 1. The summed E-state index contributed by atoms with van der Waals surface area (Å²) in [6.07, 6.45) is 0.834. The number of hydrogen-bond acceptors (Lipinski definition) is 1. The molecule has 0 amide bonds. The fraction of sp³-hybridized carbons (Fsp3) is 0.200. The molecule has 0 aliphatic carbocycles. The van der Waals surface area contributed by atoms with Gasteiger partial charge in [0.1, 0.15) is 0 Å². The SMILES string of the molecule is CNc1c(Br)ccc(C)c1Cc1ccccc1Cl. The molecule has 0 aromatic heterocycles. The molecule has 0 radical (unpaired) electrons. The van der Waals surface area contributed by atoms with E-state index in [4.69, 9.17) is 11.6 Å². The van der Waals surface area contributed by atoms with E-state index < -0.39 is 0 Å². The molecule has 0 heterocycles. The standard InChI is InChI=1S/C15H15BrClN/c1-10-7-8-13(16)15(18-2)12(10)9-11-5-3-4-6-14(11)17/h3-8,18H,9H2,1-2H3. The smallest absolute Gasteiger partial charge is 0.0520 e. The van der Waals surface area contributed by atoms with Crippen LogP contribution in [-0.4, -0.2) is 7.05 Å². The van der Waals surface area contributed by atoms with Crippen molar-refractivity contribution in [3.05, 3.63) is 62.6 Å². The van der Waals surface area contributed by atoms with Crippen LogP contribution in [0.1, 0.15) is 16.7 Å². The Kier molecular flexibility index (Phi) is 4.31. The van der Waals surface area contributed by atoms with Crippen molar-refractivity contribution in [2.75, 3.05) is 12.4 Å². The number of benzene rings is 2. The summed E-state index contributed by atoms with van der Waals surface area (Å²) in [5, 5.41) is 4.07. The molecule has 0 bridgehead atoms. The molecule has 0 unspecified atom stereocenters. The van der Waals surface area contributed by atoms with Crippen LogP contribution in [-0.2, 0) is 6.42 Å². The molecule has 0 saturated heterocycles. The monoisotopic (exact) mass is 323 g/mol. The van der Waals surface area contributed by atoms with Crippen molar-refractivity contribution in [3.63, 3.8) is 0 Å². The van der Waals surface area contributed by atoms with Gasteiger partial charge in [0, 0.05) is 23.0 Å². The highest BCUT2D eigenvalue weighted by molar-refractivity contribution is 9.10. The Hall–Kier alpha value is -0.990. The van der Waals surface area contributed by atoms with E-state index in [9.17, 15) is 0 Å². The first kappa shape index (κ1) is 13.4. The summed E-state index contributed by atoms with van der Waals surface area (Å²) in [4.78, 5) is 0. The summed E-state index contributed by atoms with van der Waals surface area (Å²) in [6.45, 7) is 2.12. The van der Waals surface area contributed by atoms with E-state index in [-0.39, 0.29) is 0 Å². The summed E-state index contributed by atoms with van der Waals surface area (Å²) < 4.78 is 1.08. The first-order chi connectivity index (χ1) is 8.63. The number of aryl methyl sites for hydroxylation is 1. The molecule has 18 heavy (non-hydrogen) atoms. The predicted molar refractivity (Wildman–Crippen MR) is 82.7 cm³/mol. The molecule has 0 saturated carbocycles. The lowest BCUT2D eigenvalue weighted by Gasteiger charge is -2.15. The molecule has 3 heteroatoms. The van der Waals surface area contributed by atoms with Gasteiger partial charge in [-0.05, 0) is 51.7 Å². The predicted octanol–water partition coefficient (Wildman–Crippen LogP) is 5.04. The lowest BCUT2D eigenvalue weighted by Crippen LogP contribution is -2.01. The van der Waals surface area contributed by atoms with Gasteiger partial charge in [-0.15, -0.1) is 0 Å². The number of hydrogen-bond donors (Lipinski definition) is 1. The molecule has 0 aliphatic heterocycles. The minimum absolute atomic E-state index is 0.818. The maximum atomic E-state index is 6.23. The van der Waals surface area contributed by atoms with Crippen LogP contribution in [0.3, 0.4) is 0 Å². The van der Waals surface area contributed by atoms with Crippen LogP contribution in [0.25, 0.3) is 0 Å². The van der Waals surface area contributed by atoms with E-state index in [2.05, 4.69) is 46.4 Å². The van der Waals surface area contributed by atoms with Gasteiger partial charge in [-0.25, -0.2) is 0 Å². The third kappa shape index (κ3) is 2.70. The van der Waals surface area contributed by atoms with Crippen LogP contribution in [0.2, 0.25) is 5.02 Å². The van der Waals surface area contributed by atoms with Crippen LogP contribution < -0.4 is 5.32 Å². The lowest BCUT2D eigenvalue weighted by molar-refractivity contribution is 1.15. The maximum absolute atomic E-state index is 6.23. The normalized spacial score (nSPS) is 10.4. The van der Waals surface area contributed by atoms with Gasteiger partial charge in [-0.2, -0.15) is 0 Å². The fourth-order valence-electron chi connectivity index (χ4n) is 2.05. The average Bonchev–Trinajstić information content (AvgIpc) is 2.37. The summed E-state index contributed by atoms with van der Waals surface area (Å²) in [7, 11) is 1.94. The third-order valence-corrected chi connectivity index (χ3v) is 4.10. The Morgan fingerprint density at radius 3 is 2.56 bits per heavy atom. The van der Waals surface area contributed by atoms with E-state index in [1.165, 1.54) is 11.1 Å². The zero-order chi connectivity index (χ0) is 13.1. The zero-order valence-corrected chi connectivity index (χ0v) is 12.8. The highest BCUT2D eigenvalue weighted by Crippen LogP contribution is 2.31. The second-order valence-electron chi connectivity index (χ2n) is 4.24. The minimum atomic E-state index is 0.818. The van der Waals surface area contributed by atoms with E-state index in [1.54, 1.807) is 0 Å². The topological polar surface area (TPSA) is 12.0 Å². The first-order valence-electron chi connectivity index (χ1n) is 5.82. The van der Waals surface area contributed by atoms with E-state index in [0.29, 0.717) is 0 Å². The Labute approximate surface area is 121 Å². The van der Waals surface area contributed by atoms with Crippen LogP contribution in [0.4, 0.5) is 5.69 Å². The molecular formula is C15H15BrClN. The van der Waals surface area contributed by atoms with Crippen molar-refractivity contribution in [2.45, 2.75) is 13.3 Å². The lowest BCUT2D eigenvalue weighted by atomic mass is 9.98. The molecule has 1 nitrogen and oxygen atoms in total. The van der Waals surface area contributed by atoms with Crippen molar-refractivity contribution >= 4 is 33.2 Å². The van der Waals surface area contributed by atoms with Gasteiger partial charge >= 0.3 is 0 Å². The quantitative estimate of drug-likeness (QED) is 0.833. The van der Waals surface area contributed by atoms with Crippen LogP contribution in [0, 0.1) is 6.92 Å². The Morgan fingerprint density at radius 2 is 1.89 bits per heavy atom. The van der Waals surface area contributed by atoms with E-state index in [0.717, 1.165) is 27.2 Å². The van der Waals surface area contributed by atoms with Crippen molar-refractivity contribution in [1.82, 2.24) is 0 Å². The molecule has 0 spiro atoms. The van der Waals surface area contributed by atoms with Gasteiger partial charge in [0.25, 0.3) is 0 Å². The molecule has 2 aromatic rings. The highest BCUT2D eigenvalue weighted by atomic mass is 79.9. The van der Waals surface area contributed by atoms with Crippen molar-refractivity contribution < 1.29 is 0 Å². The fourth-order valence-corrected chi connectivity index (χ4v) is 2.83. The van der Waals surface area contributed by atoms with Crippen molar-refractivity contribution in [3.8, 4) is 0 Å². The van der Waals surface area contributed by atoms with Gasteiger partial charge in [-0.1, -0.05) is 35.9 Å². The van der Waals surface area contributed by atoms with Gasteiger partial charge in [0.2, 0.25) is 0 Å². The van der Waals surface area contributed by atoms with Gasteiger partial charge < -0.3 is 5.32 Å². The average molecular weight is 325 g/mol. The maximum Gasteiger partial charge on any atom is 0.0520 e. The van der Waals surface area contributed by atoms with Crippen LogP contribution in [0.15, 0.2) is 40.9 Å². The van der Waals surface area contributed by atoms with Crippen molar-refractivity contribution in [2.24, 2.45) is 0 Å². The molecule has 0 aliphatic rings. The molecule has 94 valence electrons. The molecule has 1 N–H and O–H groups in total. The number of rotatable bonds is 3.